The molecule has 5 heteroatoms. The second-order valence-corrected chi connectivity index (χ2v) is 3.88. The van der Waals surface area contributed by atoms with Crippen LogP contribution in [-0.4, -0.2) is 23.4 Å². The minimum atomic E-state index is 0.560. The molecule has 2 aromatic rings. The number of hydrogen-bond donors (Lipinski definition) is 1. The van der Waals surface area contributed by atoms with Crippen molar-refractivity contribution < 1.29 is 9.47 Å². The molecule has 96 valence electrons. The molecule has 1 heterocycles. The van der Waals surface area contributed by atoms with Crippen molar-refractivity contribution in [3.8, 4) is 17.2 Å². The van der Waals surface area contributed by atoms with Crippen molar-refractivity contribution in [3.63, 3.8) is 0 Å². The lowest BCUT2D eigenvalue weighted by Crippen LogP contribution is -2.12. The highest BCUT2D eigenvalue weighted by Gasteiger charge is 2.07. The van der Waals surface area contributed by atoms with Crippen molar-refractivity contribution in [2.75, 3.05) is 13.7 Å². The summed E-state index contributed by atoms with van der Waals surface area (Å²) in [5.74, 6) is 2.30. The van der Waals surface area contributed by atoms with Crippen molar-refractivity contribution in [2.45, 2.75) is 13.5 Å². The lowest BCUT2D eigenvalue weighted by Gasteiger charge is -2.06. The second kappa shape index (κ2) is 5.55. The monoisotopic (exact) mass is 247 g/mol. The molecule has 5 nitrogen and oxygen atoms in total. The van der Waals surface area contributed by atoms with Crippen LogP contribution in [0.1, 0.15) is 5.69 Å². The fraction of sp³-hybridized carbons (Fsp3) is 0.308. The van der Waals surface area contributed by atoms with Crippen molar-refractivity contribution in [2.24, 2.45) is 5.73 Å². The first-order valence-corrected chi connectivity index (χ1v) is 5.79. The van der Waals surface area contributed by atoms with E-state index >= 15 is 0 Å². The molecule has 1 aromatic carbocycles. The number of ether oxygens (including phenoxy) is 2. The lowest BCUT2D eigenvalue weighted by atomic mass is 10.3. The molecule has 2 N–H and O–H groups in total. The minimum absolute atomic E-state index is 0.560. The summed E-state index contributed by atoms with van der Waals surface area (Å²) in [5, 5.41) is 4.22. The van der Waals surface area contributed by atoms with E-state index < -0.39 is 0 Å². The SMILES string of the molecule is COc1ccc(Oc2cnn(CCN)c2C)cc1. The number of nitrogens with zero attached hydrogens (tertiary/aromatic N) is 2. The third kappa shape index (κ3) is 2.62. The summed E-state index contributed by atoms with van der Waals surface area (Å²) in [6.07, 6.45) is 1.70. The highest BCUT2D eigenvalue weighted by molar-refractivity contribution is 5.36. The summed E-state index contributed by atoms with van der Waals surface area (Å²) in [5.41, 5.74) is 6.48. The smallest absolute Gasteiger partial charge is 0.168 e. The first-order valence-electron chi connectivity index (χ1n) is 5.79. The van der Waals surface area contributed by atoms with E-state index in [2.05, 4.69) is 5.10 Å². The van der Waals surface area contributed by atoms with Gasteiger partial charge in [-0.15, -0.1) is 0 Å². The molecule has 0 fully saturated rings. The molecule has 1 aromatic heterocycles. The van der Waals surface area contributed by atoms with Crippen molar-refractivity contribution >= 4 is 0 Å². The Morgan fingerprint density at radius 2 is 1.89 bits per heavy atom. The number of methoxy groups -OCH3 is 1. The van der Waals surface area contributed by atoms with Gasteiger partial charge in [-0.25, -0.2) is 0 Å². The van der Waals surface area contributed by atoms with E-state index in [1.54, 1.807) is 13.3 Å². The first kappa shape index (κ1) is 12.4. The largest absolute Gasteiger partial charge is 0.497 e. The Morgan fingerprint density at radius 3 is 2.50 bits per heavy atom. The number of hydrogen-bond acceptors (Lipinski definition) is 4. The van der Waals surface area contributed by atoms with E-state index in [1.165, 1.54) is 0 Å². The fourth-order valence-corrected chi connectivity index (χ4v) is 1.65. The van der Waals surface area contributed by atoms with E-state index in [9.17, 15) is 0 Å². The fourth-order valence-electron chi connectivity index (χ4n) is 1.65. The summed E-state index contributed by atoms with van der Waals surface area (Å²) in [6.45, 7) is 3.21. The molecule has 0 bridgehead atoms. The van der Waals surface area contributed by atoms with Gasteiger partial charge in [-0.05, 0) is 31.2 Å². The topological polar surface area (TPSA) is 62.3 Å². The number of benzene rings is 1. The molecule has 0 radical (unpaired) electrons. The Balaban J connectivity index is 2.12. The van der Waals surface area contributed by atoms with Gasteiger partial charge in [-0.3, -0.25) is 4.68 Å². The third-order valence-electron chi connectivity index (χ3n) is 2.69. The molecule has 0 atom stereocenters. The van der Waals surface area contributed by atoms with Crippen LogP contribution in [0.4, 0.5) is 0 Å². The minimum Gasteiger partial charge on any atom is -0.497 e. The Morgan fingerprint density at radius 1 is 1.22 bits per heavy atom. The van der Waals surface area contributed by atoms with Crippen LogP contribution in [0, 0.1) is 6.92 Å². The molecular formula is C13H17N3O2. The van der Waals surface area contributed by atoms with Gasteiger partial charge in [0.25, 0.3) is 0 Å². The van der Waals surface area contributed by atoms with Crippen molar-refractivity contribution in [1.29, 1.82) is 0 Å². The normalized spacial score (nSPS) is 10.4. The standard InChI is InChI=1S/C13H17N3O2/c1-10-13(9-15-16(10)8-7-14)18-12-5-3-11(17-2)4-6-12/h3-6,9H,7-8,14H2,1-2H3. The van der Waals surface area contributed by atoms with Crippen molar-refractivity contribution in [1.82, 2.24) is 9.78 Å². The van der Waals surface area contributed by atoms with Gasteiger partial charge in [0.2, 0.25) is 0 Å². The van der Waals surface area contributed by atoms with Crippen LogP contribution < -0.4 is 15.2 Å². The molecule has 0 saturated heterocycles. The lowest BCUT2D eigenvalue weighted by molar-refractivity contribution is 0.412. The Kier molecular flexibility index (Phi) is 3.84. The van der Waals surface area contributed by atoms with Gasteiger partial charge in [-0.1, -0.05) is 0 Å². The maximum absolute atomic E-state index is 5.76. The average Bonchev–Trinajstić information content (AvgIpc) is 2.73. The van der Waals surface area contributed by atoms with Crippen LogP contribution in [0.2, 0.25) is 0 Å². The summed E-state index contributed by atoms with van der Waals surface area (Å²) in [7, 11) is 1.64. The Labute approximate surface area is 106 Å². The molecule has 0 aliphatic heterocycles. The summed E-state index contributed by atoms with van der Waals surface area (Å²) in [4.78, 5) is 0. The molecule has 0 spiro atoms. The van der Waals surface area contributed by atoms with E-state index in [0.717, 1.165) is 22.9 Å². The summed E-state index contributed by atoms with van der Waals surface area (Å²) >= 11 is 0. The van der Waals surface area contributed by atoms with Gasteiger partial charge in [0.05, 0.1) is 25.5 Å². The van der Waals surface area contributed by atoms with Crippen LogP contribution in [-0.2, 0) is 6.54 Å². The van der Waals surface area contributed by atoms with E-state index in [4.69, 9.17) is 15.2 Å². The van der Waals surface area contributed by atoms with Crippen LogP contribution in [0.15, 0.2) is 30.5 Å². The van der Waals surface area contributed by atoms with Gasteiger partial charge in [-0.2, -0.15) is 5.10 Å². The zero-order valence-corrected chi connectivity index (χ0v) is 10.6. The third-order valence-corrected chi connectivity index (χ3v) is 2.69. The Hall–Kier alpha value is -2.01. The summed E-state index contributed by atoms with van der Waals surface area (Å²) < 4.78 is 12.7. The van der Waals surface area contributed by atoms with E-state index in [1.807, 2.05) is 35.9 Å². The number of nitrogens with two attached hydrogens (primary N) is 1. The zero-order valence-electron chi connectivity index (χ0n) is 10.6. The number of aromatic nitrogens is 2. The quantitative estimate of drug-likeness (QED) is 0.877. The molecule has 2 rings (SSSR count). The highest BCUT2D eigenvalue weighted by Crippen LogP contribution is 2.26. The van der Waals surface area contributed by atoms with Crippen LogP contribution in [0.25, 0.3) is 0 Å². The van der Waals surface area contributed by atoms with Crippen LogP contribution in [0.5, 0.6) is 17.2 Å². The predicted molar refractivity (Wildman–Crippen MR) is 69.1 cm³/mol. The predicted octanol–water partition coefficient (Wildman–Crippen LogP) is 1.95. The maximum Gasteiger partial charge on any atom is 0.168 e. The maximum atomic E-state index is 5.76. The van der Waals surface area contributed by atoms with Gasteiger partial charge in [0, 0.05) is 6.54 Å². The highest BCUT2D eigenvalue weighted by atomic mass is 16.5. The second-order valence-electron chi connectivity index (χ2n) is 3.88. The van der Waals surface area contributed by atoms with Crippen LogP contribution >= 0.6 is 0 Å². The van der Waals surface area contributed by atoms with Gasteiger partial charge in [0.15, 0.2) is 5.75 Å². The Bertz CT molecular complexity index is 505. The zero-order chi connectivity index (χ0) is 13.0. The van der Waals surface area contributed by atoms with Crippen LogP contribution in [0.3, 0.4) is 0 Å². The molecule has 0 aliphatic rings. The molecule has 0 unspecified atom stereocenters. The van der Waals surface area contributed by atoms with E-state index in [-0.39, 0.29) is 0 Å². The van der Waals surface area contributed by atoms with Gasteiger partial charge >= 0.3 is 0 Å². The molecule has 0 amide bonds. The van der Waals surface area contributed by atoms with Crippen molar-refractivity contribution in [3.05, 3.63) is 36.2 Å². The molecule has 0 aliphatic carbocycles. The molecule has 0 saturated carbocycles. The van der Waals surface area contributed by atoms with Gasteiger partial charge < -0.3 is 15.2 Å². The number of rotatable bonds is 5. The molecule has 18 heavy (non-hydrogen) atoms. The summed E-state index contributed by atoms with van der Waals surface area (Å²) in [6, 6.07) is 7.43. The van der Waals surface area contributed by atoms with Gasteiger partial charge in [0.1, 0.15) is 11.5 Å². The average molecular weight is 247 g/mol. The van der Waals surface area contributed by atoms with E-state index in [0.29, 0.717) is 13.1 Å². The first-order chi connectivity index (χ1) is 8.74. The molecular weight excluding hydrogens is 230 g/mol.